The van der Waals surface area contributed by atoms with Crippen LogP contribution in [-0.2, 0) is 4.74 Å². The normalized spacial score (nSPS) is 32.9. The molecule has 1 aliphatic heterocycles. The molecule has 1 aliphatic carbocycles. The molecule has 0 aromatic rings. The van der Waals surface area contributed by atoms with Gasteiger partial charge in [-0.1, -0.05) is 13.8 Å². The molecule has 1 fully saturated rings. The monoisotopic (exact) mass is 211 g/mol. The van der Waals surface area contributed by atoms with Crippen molar-refractivity contribution in [3.63, 3.8) is 0 Å². The van der Waals surface area contributed by atoms with E-state index in [1.807, 2.05) is 0 Å². The molecule has 0 aromatic carbocycles. The zero-order valence-corrected chi connectivity index (χ0v) is 9.84. The van der Waals surface area contributed by atoms with Gasteiger partial charge in [-0.3, -0.25) is 4.99 Å². The second kappa shape index (κ2) is 4.00. The van der Waals surface area contributed by atoms with Crippen molar-refractivity contribution in [1.29, 1.82) is 0 Å². The number of hydrogen-bond donors (Lipinski definition) is 2. The lowest BCUT2D eigenvalue weighted by Gasteiger charge is -2.51. The van der Waals surface area contributed by atoms with Crippen molar-refractivity contribution in [3.8, 4) is 0 Å². The molecule has 2 atom stereocenters. The highest BCUT2D eigenvalue weighted by Crippen LogP contribution is 2.42. The van der Waals surface area contributed by atoms with Crippen molar-refractivity contribution in [1.82, 2.24) is 10.6 Å². The summed E-state index contributed by atoms with van der Waals surface area (Å²) < 4.78 is 5.69. The molecule has 1 heterocycles. The van der Waals surface area contributed by atoms with Crippen LogP contribution >= 0.6 is 0 Å². The lowest BCUT2D eigenvalue weighted by atomic mass is 9.64. The van der Waals surface area contributed by atoms with Gasteiger partial charge in [0.15, 0.2) is 5.96 Å². The summed E-state index contributed by atoms with van der Waals surface area (Å²) in [6, 6.07) is 0.485. The van der Waals surface area contributed by atoms with Crippen LogP contribution in [-0.4, -0.2) is 37.8 Å². The molecule has 0 radical (unpaired) electrons. The minimum absolute atomic E-state index is 0.211. The Labute approximate surface area is 91.5 Å². The average Bonchev–Trinajstić information content (AvgIpc) is 2.69. The molecule has 2 aliphatic rings. The number of nitrogens with zero attached hydrogens (tertiary/aromatic N) is 1. The first kappa shape index (κ1) is 10.7. The maximum Gasteiger partial charge on any atom is 0.191 e. The van der Waals surface area contributed by atoms with Gasteiger partial charge in [-0.2, -0.15) is 0 Å². The minimum atomic E-state index is 0.211. The zero-order valence-electron chi connectivity index (χ0n) is 9.84. The van der Waals surface area contributed by atoms with E-state index in [0.29, 0.717) is 12.1 Å². The number of aliphatic imine (C=N–C) groups is 1. The van der Waals surface area contributed by atoms with Crippen molar-refractivity contribution < 1.29 is 4.74 Å². The van der Waals surface area contributed by atoms with Gasteiger partial charge in [-0.15, -0.1) is 0 Å². The Hall–Kier alpha value is -0.770. The topological polar surface area (TPSA) is 45.6 Å². The molecule has 4 nitrogen and oxygen atoms in total. The molecule has 15 heavy (non-hydrogen) atoms. The largest absolute Gasteiger partial charge is 0.378 e. The molecule has 4 heteroatoms. The molecular weight excluding hydrogens is 190 g/mol. The highest BCUT2D eigenvalue weighted by atomic mass is 16.5. The van der Waals surface area contributed by atoms with Gasteiger partial charge in [-0.25, -0.2) is 0 Å². The van der Waals surface area contributed by atoms with E-state index in [0.717, 1.165) is 32.1 Å². The predicted molar refractivity (Wildman–Crippen MR) is 61.0 cm³/mol. The number of hydrogen-bond acceptors (Lipinski definition) is 4. The van der Waals surface area contributed by atoms with Crippen LogP contribution in [0.25, 0.3) is 0 Å². The summed E-state index contributed by atoms with van der Waals surface area (Å²) in [6.07, 6.45) is 1.48. The van der Waals surface area contributed by atoms with Crippen LogP contribution in [0.5, 0.6) is 0 Å². The van der Waals surface area contributed by atoms with Crippen LogP contribution in [0.1, 0.15) is 27.2 Å². The van der Waals surface area contributed by atoms with Crippen molar-refractivity contribution in [2.75, 3.05) is 19.7 Å². The third kappa shape index (κ3) is 1.95. The van der Waals surface area contributed by atoms with Gasteiger partial charge in [0.25, 0.3) is 0 Å². The quantitative estimate of drug-likeness (QED) is 0.723. The highest BCUT2D eigenvalue weighted by Gasteiger charge is 2.49. The molecule has 2 rings (SSSR count). The molecule has 86 valence electrons. The van der Waals surface area contributed by atoms with Crippen molar-refractivity contribution in [3.05, 3.63) is 0 Å². The van der Waals surface area contributed by atoms with Gasteiger partial charge >= 0.3 is 0 Å². The Morgan fingerprint density at radius 3 is 2.93 bits per heavy atom. The number of ether oxygens (including phenoxy) is 1. The molecule has 0 spiro atoms. The number of guanidine groups is 1. The predicted octanol–water partition coefficient (Wildman–Crippen LogP) is 0.739. The summed E-state index contributed by atoms with van der Waals surface area (Å²) >= 11 is 0. The first-order chi connectivity index (χ1) is 7.14. The first-order valence-corrected chi connectivity index (χ1v) is 5.81. The van der Waals surface area contributed by atoms with Crippen LogP contribution < -0.4 is 10.6 Å². The van der Waals surface area contributed by atoms with Crippen molar-refractivity contribution in [2.45, 2.75) is 39.3 Å². The van der Waals surface area contributed by atoms with Gasteiger partial charge in [0.1, 0.15) is 0 Å². The Morgan fingerprint density at radius 1 is 1.60 bits per heavy atom. The van der Waals surface area contributed by atoms with Gasteiger partial charge in [0.05, 0.1) is 12.6 Å². The molecule has 2 unspecified atom stereocenters. The molecular formula is C11H21N3O. The van der Waals surface area contributed by atoms with E-state index in [-0.39, 0.29) is 5.41 Å². The molecule has 0 aromatic heterocycles. The molecule has 2 N–H and O–H groups in total. The fourth-order valence-corrected chi connectivity index (χ4v) is 2.27. The van der Waals surface area contributed by atoms with Gasteiger partial charge in [0, 0.05) is 24.6 Å². The summed E-state index contributed by atoms with van der Waals surface area (Å²) in [6.45, 7) is 9.22. The Kier molecular flexibility index (Phi) is 2.87. The Bertz CT molecular complexity index is 263. The van der Waals surface area contributed by atoms with E-state index < -0.39 is 0 Å². The SMILES string of the molecule is CCOC1CC(NC2=NCCN2)C1(C)C. The summed E-state index contributed by atoms with van der Waals surface area (Å²) in [7, 11) is 0. The molecule has 0 amide bonds. The van der Waals surface area contributed by atoms with E-state index >= 15 is 0 Å². The average molecular weight is 211 g/mol. The van der Waals surface area contributed by atoms with E-state index in [4.69, 9.17) is 4.74 Å². The maximum absolute atomic E-state index is 5.69. The Balaban J connectivity index is 1.85. The maximum atomic E-state index is 5.69. The highest BCUT2D eigenvalue weighted by molar-refractivity contribution is 5.81. The van der Waals surface area contributed by atoms with Crippen LogP contribution in [0.4, 0.5) is 0 Å². The number of rotatable bonds is 3. The van der Waals surface area contributed by atoms with Crippen LogP contribution in [0.2, 0.25) is 0 Å². The molecule has 0 bridgehead atoms. The summed E-state index contributed by atoms with van der Waals surface area (Å²) in [4.78, 5) is 4.35. The molecule has 0 saturated heterocycles. The lowest BCUT2D eigenvalue weighted by Crippen LogP contribution is -2.63. The summed E-state index contributed by atoms with van der Waals surface area (Å²) in [5.41, 5.74) is 0.211. The van der Waals surface area contributed by atoms with Gasteiger partial charge in [0.2, 0.25) is 0 Å². The lowest BCUT2D eigenvalue weighted by molar-refractivity contribution is -0.109. The fourth-order valence-electron chi connectivity index (χ4n) is 2.27. The zero-order chi connectivity index (χ0) is 10.9. The second-order valence-corrected chi connectivity index (χ2v) is 4.86. The molecule has 1 saturated carbocycles. The van der Waals surface area contributed by atoms with Crippen molar-refractivity contribution >= 4 is 5.96 Å². The third-order valence-corrected chi connectivity index (χ3v) is 3.53. The Morgan fingerprint density at radius 2 is 2.40 bits per heavy atom. The van der Waals surface area contributed by atoms with Crippen LogP contribution in [0.3, 0.4) is 0 Å². The van der Waals surface area contributed by atoms with Gasteiger partial charge < -0.3 is 15.4 Å². The number of nitrogens with one attached hydrogen (secondary N) is 2. The van der Waals surface area contributed by atoms with Crippen molar-refractivity contribution in [2.24, 2.45) is 10.4 Å². The van der Waals surface area contributed by atoms with E-state index in [2.05, 4.69) is 36.4 Å². The first-order valence-electron chi connectivity index (χ1n) is 5.81. The summed E-state index contributed by atoms with van der Waals surface area (Å²) in [5.74, 6) is 0.961. The standard InChI is InChI=1S/C11H21N3O/c1-4-15-9-7-8(11(9,2)3)14-10-12-5-6-13-10/h8-9H,4-7H2,1-3H3,(H2,12,13,14). The van der Waals surface area contributed by atoms with E-state index in [1.54, 1.807) is 0 Å². The summed E-state index contributed by atoms with van der Waals surface area (Å²) in [5, 5.41) is 6.69. The second-order valence-electron chi connectivity index (χ2n) is 4.86. The van der Waals surface area contributed by atoms with Crippen LogP contribution in [0, 0.1) is 5.41 Å². The van der Waals surface area contributed by atoms with E-state index in [1.165, 1.54) is 0 Å². The fraction of sp³-hybridized carbons (Fsp3) is 0.909. The minimum Gasteiger partial charge on any atom is -0.378 e. The smallest absolute Gasteiger partial charge is 0.191 e. The van der Waals surface area contributed by atoms with Crippen LogP contribution in [0.15, 0.2) is 4.99 Å². The third-order valence-electron chi connectivity index (χ3n) is 3.53. The van der Waals surface area contributed by atoms with Gasteiger partial charge in [-0.05, 0) is 13.3 Å². The van der Waals surface area contributed by atoms with E-state index in [9.17, 15) is 0 Å².